The van der Waals surface area contributed by atoms with E-state index in [1.165, 1.54) is 5.56 Å². The average Bonchev–Trinajstić information content (AvgIpc) is 3.26. The van der Waals surface area contributed by atoms with Gasteiger partial charge >= 0.3 is 0 Å². The third-order valence-corrected chi connectivity index (χ3v) is 6.67. The van der Waals surface area contributed by atoms with E-state index in [-0.39, 0.29) is 36.4 Å². The SMILES string of the molecule is Cl.Cl.O=c1[nH]c(NCc2ccc(Cl)c(Cl)c2)nc2cnn(C3CCN(Cc4cccnc4)CC3)c12. The van der Waals surface area contributed by atoms with Crippen LogP contribution >= 0.6 is 48.0 Å². The Morgan fingerprint density at radius 2 is 1.86 bits per heavy atom. The number of likely N-dealkylation sites (tertiary alicyclic amines) is 1. The van der Waals surface area contributed by atoms with Crippen molar-refractivity contribution in [3.05, 3.63) is 80.4 Å². The number of H-pyrrole nitrogens is 1. The molecule has 186 valence electrons. The fourth-order valence-corrected chi connectivity index (χ4v) is 4.56. The lowest BCUT2D eigenvalue weighted by molar-refractivity contribution is 0.175. The van der Waals surface area contributed by atoms with Crippen LogP contribution in [0.25, 0.3) is 11.0 Å². The Morgan fingerprint density at radius 1 is 1.06 bits per heavy atom. The lowest BCUT2D eigenvalue weighted by Crippen LogP contribution is -2.35. The highest BCUT2D eigenvalue weighted by Gasteiger charge is 2.24. The van der Waals surface area contributed by atoms with Gasteiger partial charge in [-0.15, -0.1) is 24.8 Å². The maximum absolute atomic E-state index is 12.9. The largest absolute Gasteiger partial charge is 0.352 e. The first kappa shape index (κ1) is 27.2. The minimum atomic E-state index is -0.202. The maximum atomic E-state index is 12.9. The number of nitrogens with one attached hydrogen (secondary N) is 2. The van der Waals surface area contributed by atoms with Crippen molar-refractivity contribution in [2.45, 2.75) is 32.0 Å². The Morgan fingerprint density at radius 3 is 2.57 bits per heavy atom. The highest BCUT2D eigenvalue weighted by Crippen LogP contribution is 2.26. The number of hydrogen-bond donors (Lipinski definition) is 2. The van der Waals surface area contributed by atoms with Crippen molar-refractivity contribution < 1.29 is 0 Å². The number of pyridine rings is 1. The van der Waals surface area contributed by atoms with Crippen molar-refractivity contribution in [2.24, 2.45) is 0 Å². The van der Waals surface area contributed by atoms with Crippen LogP contribution in [0.5, 0.6) is 0 Å². The van der Waals surface area contributed by atoms with E-state index in [2.05, 4.69) is 36.3 Å². The van der Waals surface area contributed by atoms with Gasteiger partial charge in [0.05, 0.1) is 22.3 Å². The standard InChI is InChI=1S/C23H23Cl2N7O.2ClH/c24-18-4-3-15(10-19(18)25)12-27-23-29-20-13-28-32(21(20)22(33)30-23)17-5-8-31(9-6-17)14-16-2-1-7-26-11-16;;/h1-4,7,10-11,13,17H,5-6,8-9,12,14H2,(H2,27,29,30,33);2*1H. The van der Waals surface area contributed by atoms with Crippen LogP contribution in [0, 0.1) is 0 Å². The number of piperidine rings is 1. The number of nitrogens with zero attached hydrogens (tertiary/aromatic N) is 5. The Balaban J connectivity index is 0.00000171. The monoisotopic (exact) mass is 555 g/mol. The molecule has 1 aliphatic heterocycles. The molecule has 0 aliphatic carbocycles. The van der Waals surface area contributed by atoms with Crippen LogP contribution in [-0.2, 0) is 13.1 Å². The first-order chi connectivity index (χ1) is 16.1. The molecule has 2 N–H and O–H groups in total. The second-order valence-electron chi connectivity index (χ2n) is 8.21. The van der Waals surface area contributed by atoms with Crippen molar-refractivity contribution in [2.75, 3.05) is 18.4 Å². The number of benzene rings is 1. The van der Waals surface area contributed by atoms with Crippen LogP contribution in [0.3, 0.4) is 0 Å². The molecule has 0 radical (unpaired) electrons. The molecule has 1 aromatic carbocycles. The molecule has 0 bridgehead atoms. The predicted molar refractivity (Wildman–Crippen MR) is 144 cm³/mol. The van der Waals surface area contributed by atoms with Gasteiger partial charge in [0.1, 0.15) is 5.52 Å². The van der Waals surface area contributed by atoms with E-state index in [9.17, 15) is 4.79 Å². The molecule has 0 amide bonds. The molecule has 35 heavy (non-hydrogen) atoms. The number of fused-ring (bicyclic) bond motifs is 1. The summed E-state index contributed by atoms with van der Waals surface area (Å²) in [4.78, 5) is 26.9. The van der Waals surface area contributed by atoms with E-state index < -0.39 is 0 Å². The van der Waals surface area contributed by atoms with E-state index >= 15 is 0 Å². The summed E-state index contributed by atoms with van der Waals surface area (Å²) in [5.74, 6) is 0.393. The molecule has 1 aliphatic rings. The van der Waals surface area contributed by atoms with Crippen LogP contribution in [-0.4, -0.2) is 42.7 Å². The Kier molecular flexibility index (Phi) is 9.38. The zero-order chi connectivity index (χ0) is 22.8. The Hall–Kier alpha value is -2.36. The third-order valence-electron chi connectivity index (χ3n) is 5.93. The van der Waals surface area contributed by atoms with E-state index in [1.807, 2.05) is 23.0 Å². The van der Waals surface area contributed by atoms with Gasteiger partial charge in [-0.3, -0.25) is 24.3 Å². The average molecular weight is 557 g/mol. The van der Waals surface area contributed by atoms with Gasteiger partial charge in [0, 0.05) is 38.6 Å². The maximum Gasteiger partial charge on any atom is 0.278 e. The zero-order valence-electron chi connectivity index (χ0n) is 18.7. The topological polar surface area (TPSA) is 91.7 Å². The first-order valence-electron chi connectivity index (χ1n) is 10.8. The van der Waals surface area contributed by atoms with Gasteiger partial charge in [-0.2, -0.15) is 5.10 Å². The van der Waals surface area contributed by atoms with Crippen LogP contribution < -0.4 is 10.9 Å². The van der Waals surface area contributed by atoms with E-state index in [0.717, 1.165) is 38.0 Å². The summed E-state index contributed by atoms with van der Waals surface area (Å²) in [5.41, 5.74) is 3.03. The molecule has 0 unspecified atom stereocenters. The van der Waals surface area contributed by atoms with Gasteiger partial charge in [0.15, 0.2) is 5.52 Å². The molecule has 0 saturated carbocycles. The lowest BCUT2D eigenvalue weighted by atomic mass is 10.0. The second kappa shape index (κ2) is 12.1. The zero-order valence-corrected chi connectivity index (χ0v) is 21.8. The minimum absolute atomic E-state index is 0. The number of anilines is 1. The molecule has 8 nitrogen and oxygen atoms in total. The molecular weight excluding hydrogens is 532 g/mol. The molecule has 4 heterocycles. The summed E-state index contributed by atoms with van der Waals surface area (Å²) in [6, 6.07) is 9.63. The predicted octanol–water partition coefficient (Wildman–Crippen LogP) is 5.11. The second-order valence-corrected chi connectivity index (χ2v) is 9.02. The summed E-state index contributed by atoms with van der Waals surface area (Å²) in [6.07, 6.45) is 7.21. The van der Waals surface area contributed by atoms with E-state index in [1.54, 1.807) is 24.5 Å². The lowest BCUT2D eigenvalue weighted by Gasteiger charge is -2.32. The minimum Gasteiger partial charge on any atom is -0.352 e. The van der Waals surface area contributed by atoms with Crippen LogP contribution in [0.2, 0.25) is 10.0 Å². The van der Waals surface area contributed by atoms with Gasteiger partial charge in [-0.1, -0.05) is 35.3 Å². The van der Waals surface area contributed by atoms with Gasteiger partial charge in [0.2, 0.25) is 5.95 Å². The number of aromatic nitrogens is 5. The molecule has 3 aromatic heterocycles. The third kappa shape index (κ3) is 6.26. The molecule has 0 atom stereocenters. The molecule has 4 aromatic rings. The summed E-state index contributed by atoms with van der Waals surface area (Å²) < 4.78 is 1.84. The van der Waals surface area contributed by atoms with Crippen molar-refractivity contribution in [3.8, 4) is 0 Å². The van der Waals surface area contributed by atoms with Crippen molar-refractivity contribution in [3.63, 3.8) is 0 Å². The molecule has 1 fully saturated rings. The van der Waals surface area contributed by atoms with Crippen molar-refractivity contribution in [1.29, 1.82) is 0 Å². The molecule has 12 heteroatoms. The summed E-state index contributed by atoms with van der Waals surface area (Å²) in [5, 5.41) is 8.65. The van der Waals surface area contributed by atoms with Crippen LogP contribution in [0.1, 0.15) is 30.0 Å². The summed E-state index contributed by atoms with van der Waals surface area (Å²) in [7, 11) is 0. The van der Waals surface area contributed by atoms with E-state index in [4.69, 9.17) is 23.2 Å². The number of halogens is 4. The number of rotatable bonds is 6. The smallest absolute Gasteiger partial charge is 0.278 e. The fraction of sp³-hybridized carbons (Fsp3) is 0.304. The highest BCUT2D eigenvalue weighted by atomic mass is 35.5. The molecule has 5 rings (SSSR count). The van der Waals surface area contributed by atoms with Gasteiger partial charge in [-0.05, 0) is 42.2 Å². The highest BCUT2D eigenvalue weighted by molar-refractivity contribution is 6.42. The number of hydrogen-bond acceptors (Lipinski definition) is 6. The van der Waals surface area contributed by atoms with Crippen molar-refractivity contribution in [1.82, 2.24) is 29.6 Å². The fourth-order valence-electron chi connectivity index (χ4n) is 4.24. The Bertz CT molecular complexity index is 1320. The molecule has 0 spiro atoms. The van der Waals surface area contributed by atoms with Gasteiger partial charge in [0.25, 0.3) is 5.56 Å². The first-order valence-corrected chi connectivity index (χ1v) is 11.6. The Labute approximate surface area is 224 Å². The van der Waals surface area contributed by atoms with Gasteiger partial charge < -0.3 is 5.32 Å². The summed E-state index contributed by atoms with van der Waals surface area (Å²) >= 11 is 12.0. The van der Waals surface area contributed by atoms with Crippen LogP contribution in [0.15, 0.2) is 53.7 Å². The van der Waals surface area contributed by atoms with E-state index in [0.29, 0.717) is 33.6 Å². The molecule has 1 saturated heterocycles. The normalized spacial score (nSPS) is 14.3. The van der Waals surface area contributed by atoms with Crippen LogP contribution in [0.4, 0.5) is 5.95 Å². The quantitative estimate of drug-likeness (QED) is 0.343. The summed E-state index contributed by atoms with van der Waals surface area (Å²) in [6.45, 7) is 3.22. The molecular formula is C23H25Cl4N7O. The van der Waals surface area contributed by atoms with Gasteiger partial charge in [-0.25, -0.2) is 4.98 Å². The van der Waals surface area contributed by atoms with Crippen molar-refractivity contribution >= 4 is 65.0 Å². The number of aromatic amines is 1.